The van der Waals surface area contributed by atoms with E-state index in [-0.39, 0.29) is 9.90 Å². The molecule has 0 aliphatic heterocycles. The number of halogens is 1. The van der Waals surface area contributed by atoms with E-state index in [1.807, 2.05) is 6.07 Å². The van der Waals surface area contributed by atoms with Crippen LogP contribution in [0.1, 0.15) is 27.9 Å². The molecule has 0 saturated heterocycles. The van der Waals surface area contributed by atoms with Crippen LogP contribution in [0, 0.1) is 18.3 Å². The number of hydrogen-bond acceptors (Lipinski definition) is 8. The molecule has 2 aromatic heterocycles. The van der Waals surface area contributed by atoms with Gasteiger partial charge in [-0.15, -0.1) is 11.3 Å². The number of hydrogen-bond donors (Lipinski definition) is 1. The Morgan fingerprint density at radius 1 is 1.31 bits per heavy atom. The van der Waals surface area contributed by atoms with Gasteiger partial charge in [-0.2, -0.15) is 5.26 Å². The molecule has 0 fully saturated rings. The summed E-state index contributed by atoms with van der Waals surface area (Å²) in [5.74, 6) is -0.793. The quantitative estimate of drug-likeness (QED) is 0.617. The van der Waals surface area contributed by atoms with Crippen molar-refractivity contribution >= 4 is 40.5 Å². The number of rotatable bonds is 5. The van der Waals surface area contributed by atoms with Gasteiger partial charge in [0.2, 0.25) is 0 Å². The molecule has 0 aliphatic carbocycles. The molecule has 3 rings (SSSR count). The number of nitriles is 1. The number of benzene rings is 1. The van der Waals surface area contributed by atoms with Crippen LogP contribution < -0.4 is 5.32 Å². The lowest BCUT2D eigenvalue weighted by Crippen LogP contribution is -2.30. The van der Waals surface area contributed by atoms with Gasteiger partial charge in [-0.1, -0.05) is 11.6 Å². The minimum absolute atomic E-state index is 0.214. The molecule has 0 aliphatic rings. The summed E-state index contributed by atoms with van der Waals surface area (Å²) in [5, 5.41) is 12.2. The molecule has 146 valence electrons. The summed E-state index contributed by atoms with van der Waals surface area (Å²) < 4.78 is 5.27. The number of thiazole rings is 1. The first kappa shape index (κ1) is 20.4. The second kappa shape index (κ2) is 8.77. The van der Waals surface area contributed by atoms with Gasteiger partial charge in [-0.25, -0.2) is 19.7 Å². The van der Waals surface area contributed by atoms with E-state index >= 15 is 0 Å². The van der Waals surface area contributed by atoms with E-state index < -0.39 is 18.0 Å². The Hall–Kier alpha value is -3.35. The maximum Gasteiger partial charge on any atom is 0.351 e. The molecule has 29 heavy (non-hydrogen) atoms. The lowest BCUT2D eigenvalue weighted by atomic mass is 10.2. The second-order valence-electron chi connectivity index (χ2n) is 5.85. The van der Waals surface area contributed by atoms with Gasteiger partial charge in [0.1, 0.15) is 10.9 Å². The minimum Gasteiger partial charge on any atom is -0.448 e. The van der Waals surface area contributed by atoms with Gasteiger partial charge in [-0.3, -0.25) is 4.79 Å². The fourth-order valence-electron chi connectivity index (χ4n) is 2.29. The average Bonchev–Trinajstić information content (AvgIpc) is 3.10. The lowest BCUT2D eigenvalue weighted by Gasteiger charge is -2.13. The highest BCUT2D eigenvalue weighted by molar-refractivity contribution is 7.16. The van der Waals surface area contributed by atoms with Gasteiger partial charge < -0.3 is 10.1 Å². The molecule has 0 saturated carbocycles. The maximum absolute atomic E-state index is 12.5. The fraction of sp³-hybridized carbons (Fsp3) is 0.158. The molecule has 0 radical (unpaired) electrons. The summed E-state index contributed by atoms with van der Waals surface area (Å²) in [6.45, 7) is 3.12. The van der Waals surface area contributed by atoms with Crippen LogP contribution in [-0.2, 0) is 9.53 Å². The van der Waals surface area contributed by atoms with E-state index in [1.54, 1.807) is 25.4 Å². The normalized spacial score (nSPS) is 11.4. The molecule has 1 unspecified atom stereocenters. The Morgan fingerprint density at radius 3 is 2.69 bits per heavy atom. The molecule has 8 nitrogen and oxygen atoms in total. The number of aryl methyl sites for hydroxylation is 1. The van der Waals surface area contributed by atoms with Crippen LogP contribution >= 0.6 is 22.9 Å². The van der Waals surface area contributed by atoms with Crippen molar-refractivity contribution in [3.05, 3.63) is 57.8 Å². The van der Waals surface area contributed by atoms with Gasteiger partial charge in [-0.05, 0) is 38.1 Å². The van der Waals surface area contributed by atoms with E-state index in [4.69, 9.17) is 21.6 Å². The fourth-order valence-corrected chi connectivity index (χ4v) is 3.41. The van der Waals surface area contributed by atoms with Gasteiger partial charge in [0.05, 0.1) is 16.3 Å². The van der Waals surface area contributed by atoms with E-state index in [0.29, 0.717) is 27.8 Å². The number of carbonyl (C=O) groups is 2. The van der Waals surface area contributed by atoms with E-state index in [0.717, 1.165) is 11.3 Å². The molecular weight excluding hydrogens is 414 g/mol. The van der Waals surface area contributed by atoms with E-state index in [2.05, 4.69) is 20.3 Å². The Balaban J connectivity index is 1.67. The molecule has 0 spiro atoms. The minimum atomic E-state index is -1.06. The first-order valence-corrected chi connectivity index (χ1v) is 9.54. The summed E-state index contributed by atoms with van der Waals surface area (Å²) >= 11 is 7.05. The maximum atomic E-state index is 12.5. The van der Waals surface area contributed by atoms with Crippen LogP contribution in [0.5, 0.6) is 0 Å². The third-order valence-electron chi connectivity index (χ3n) is 3.75. The van der Waals surface area contributed by atoms with Crippen LogP contribution in [0.3, 0.4) is 0 Å². The summed E-state index contributed by atoms with van der Waals surface area (Å²) in [5.41, 5.74) is 1.15. The molecule has 1 N–H and O–H groups in total. The Bertz CT molecular complexity index is 1110. The first-order chi connectivity index (χ1) is 13.9. The number of nitrogens with one attached hydrogen (secondary N) is 1. The van der Waals surface area contributed by atoms with Gasteiger partial charge >= 0.3 is 5.97 Å². The van der Waals surface area contributed by atoms with Gasteiger partial charge in [0.25, 0.3) is 5.91 Å². The van der Waals surface area contributed by atoms with Gasteiger partial charge in [0.15, 0.2) is 16.9 Å². The van der Waals surface area contributed by atoms with Crippen molar-refractivity contribution in [2.24, 2.45) is 0 Å². The smallest absolute Gasteiger partial charge is 0.351 e. The van der Waals surface area contributed by atoms with Crippen LogP contribution in [-0.4, -0.2) is 32.9 Å². The van der Waals surface area contributed by atoms with Crippen LogP contribution in [0.2, 0.25) is 5.02 Å². The monoisotopic (exact) mass is 427 g/mol. The third kappa shape index (κ3) is 4.74. The largest absolute Gasteiger partial charge is 0.448 e. The van der Waals surface area contributed by atoms with Crippen molar-refractivity contribution in [1.82, 2.24) is 15.0 Å². The Labute approximate surface area is 175 Å². The molecule has 1 amide bonds. The predicted octanol–water partition coefficient (Wildman–Crippen LogP) is 3.62. The molecule has 2 heterocycles. The first-order valence-electron chi connectivity index (χ1n) is 8.35. The van der Waals surface area contributed by atoms with Crippen LogP contribution in [0.4, 0.5) is 5.69 Å². The van der Waals surface area contributed by atoms with Crippen LogP contribution in [0.25, 0.3) is 10.8 Å². The summed E-state index contributed by atoms with van der Waals surface area (Å²) in [6, 6.07) is 8.09. The molecule has 1 aromatic carbocycles. The number of esters is 1. The Kier molecular flexibility index (Phi) is 6.16. The average molecular weight is 428 g/mol. The van der Waals surface area contributed by atoms with Crippen molar-refractivity contribution in [2.45, 2.75) is 20.0 Å². The lowest BCUT2D eigenvalue weighted by molar-refractivity contribution is -0.123. The molecule has 0 bridgehead atoms. The predicted molar refractivity (Wildman–Crippen MR) is 108 cm³/mol. The zero-order valence-electron chi connectivity index (χ0n) is 15.3. The van der Waals surface area contributed by atoms with Crippen molar-refractivity contribution in [3.8, 4) is 16.9 Å². The zero-order valence-corrected chi connectivity index (χ0v) is 16.9. The van der Waals surface area contributed by atoms with Crippen molar-refractivity contribution in [1.29, 1.82) is 5.26 Å². The zero-order chi connectivity index (χ0) is 21.0. The molecule has 10 heteroatoms. The van der Waals surface area contributed by atoms with Crippen molar-refractivity contribution in [2.75, 3.05) is 5.32 Å². The summed E-state index contributed by atoms with van der Waals surface area (Å²) in [7, 11) is 0. The summed E-state index contributed by atoms with van der Waals surface area (Å²) in [4.78, 5) is 37.6. The molecule has 3 aromatic rings. The third-order valence-corrected chi connectivity index (χ3v) is 5.20. The highest BCUT2D eigenvalue weighted by Gasteiger charge is 2.24. The van der Waals surface area contributed by atoms with E-state index in [1.165, 1.54) is 25.1 Å². The van der Waals surface area contributed by atoms with Crippen molar-refractivity contribution < 1.29 is 14.3 Å². The van der Waals surface area contributed by atoms with Crippen LogP contribution in [0.15, 0.2) is 36.7 Å². The summed E-state index contributed by atoms with van der Waals surface area (Å²) in [6.07, 6.45) is 2.10. The number of nitrogens with zero attached hydrogens (tertiary/aromatic N) is 4. The molecular formula is C19H14ClN5O3S. The number of amides is 1. The standard InChI is InChI=1S/C19H14ClN5O3S/c1-10-15(29-18(24-10)16-22-6-3-7-23-16)19(27)28-11(2)17(26)25-13-5-4-12(9-21)14(20)8-13/h3-8,11H,1-2H3,(H,25,26). The molecule has 1 atom stereocenters. The van der Waals surface area contributed by atoms with Gasteiger partial charge in [0, 0.05) is 18.1 Å². The highest BCUT2D eigenvalue weighted by atomic mass is 35.5. The second-order valence-corrected chi connectivity index (χ2v) is 7.26. The van der Waals surface area contributed by atoms with Crippen molar-refractivity contribution in [3.63, 3.8) is 0 Å². The van der Waals surface area contributed by atoms with E-state index in [9.17, 15) is 9.59 Å². The Morgan fingerprint density at radius 2 is 2.03 bits per heavy atom. The number of aromatic nitrogens is 3. The number of anilines is 1. The number of carbonyl (C=O) groups excluding carboxylic acids is 2. The SMILES string of the molecule is Cc1nc(-c2ncccn2)sc1C(=O)OC(C)C(=O)Nc1ccc(C#N)c(Cl)c1. The highest BCUT2D eigenvalue weighted by Crippen LogP contribution is 2.26. The number of ether oxygens (including phenoxy) is 1. The topological polar surface area (TPSA) is 118 Å².